The Balaban J connectivity index is -0.0000000337. The normalized spacial score (nSPS) is 23.6. The fourth-order valence-corrected chi connectivity index (χ4v) is 1.60. The largest absolute Gasteiger partial charge is 0.198 e. The molecular weight excluding hydrogens is 110 g/mol. The van der Waals surface area contributed by atoms with E-state index in [4.69, 9.17) is 5.26 Å². The van der Waals surface area contributed by atoms with Gasteiger partial charge in [0.25, 0.3) is 0 Å². The summed E-state index contributed by atoms with van der Waals surface area (Å²) in [6, 6.07) is 2.25. The van der Waals surface area contributed by atoms with Crippen molar-refractivity contribution in [1.29, 1.82) is 5.26 Å². The van der Waals surface area contributed by atoms with Crippen molar-refractivity contribution in [3.05, 3.63) is 0 Å². The molecule has 0 unspecified atom stereocenters. The third-order valence-electron chi connectivity index (χ3n) is 2.32. The smallest absolute Gasteiger partial charge is 0.0627 e. The third kappa shape index (κ3) is 1.45. The summed E-state index contributed by atoms with van der Waals surface area (Å²) in [6.45, 7) is 2.23. The molecule has 0 aliphatic heterocycles. The molecule has 0 amide bonds. The van der Waals surface area contributed by atoms with Crippen LogP contribution in [0.2, 0.25) is 0 Å². The van der Waals surface area contributed by atoms with E-state index >= 15 is 0 Å². The molecule has 1 fully saturated rings. The summed E-state index contributed by atoms with van der Waals surface area (Å²) in [6.07, 6.45) is 5.95. The van der Waals surface area contributed by atoms with Gasteiger partial charge in [-0.2, -0.15) is 5.26 Å². The number of nitrogens with zero attached hydrogens (tertiary/aromatic N) is 1. The van der Waals surface area contributed by atoms with Gasteiger partial charge in [-0.25, -0.2) is 0 Å². The minimum absolute atomic E-state index is 0. The lowest BCUT2D eigenvalue weighted by molar-refractivity contribution is 0.346. The van der Waals surface area contributed by atoms with Gasteiger partial charge in [0.15, 0.2) is 0 Å². The third-order valence-corrected chi connectivity index (χ3v) is 2.32. The highest BCUT2D eigenvalue weighted by atomic mass is 14.3. The average molecular weight is 135 g/mol. The molecule has 0 spiro atoms. The lowest BCUT2D eigenvalue weighted by Crippen LogP contribution is -2.08. The Hall–Kier alpha value is -0.510. The van der Waals surface area contributed by atoms with Crippen molar-refractivity contribution >= 4 is 0 Å². The minimum Gasteiger partial charge on any atom is -0.198 e. The molecule has 1 aliphatic carbocycles. The van der Waals surface area contributed by atoms with Crippen molar-refractivity contribution in [1.82, 2.24) is 0 Å². The predicted molar refractivity (Wildman–Crippen MR) is 49.5 cm³/mol. The van der Waals surface area contributed by atoms with Crippen LogP contribution in [0.15, 0.2) is 0 Å². The molecule has 0 bridgehead atoms. The molecular formula is C8H25N. The number of rotatable bonds is 1. The molecule has 62 valence electrons. The molecule has 1 saturated carbocycles. The van der Waals surface area contributed by atoms with Crippen molar-refractivity contribution in [2.24, 2.45) is 5.41 Å². The molecule has 0 aromatic rings. The Bertz CT molecular complexity index is 141. The van der Waals surface area contributed by atoms with Crippen LogP contribution in [0.25, 0.3) is 0 Å². The first-order valence-corrected chi connectivity index (χ1v) is 3.64. The molecule has 0 atom stereocenters. The second-order valence-corrected chi connectivity index (χ2v) is 3.35. The van der Waals surface area contributed by atoms with E-state index in [9.17, 15) is 0 Å². The van der Waals surface area contributed by atoms with Gasteiger partial charge in [-0.1, -0.05) is 19.8 Å². The lowest BCUT2D eigenvalue weighted by atomic mass is 9.86. The lowest BCUT2D eigenvalue weighted by Gasteiger charge is -2.17. The van der Waals surface area contributed by atoms with Crippen LogP contribution in [-0.2, 0) is 0 Å². The zero-order valence-corrected chi connectivity index (χ0v) is 5.98. The average Bonchev–Trinajstić information content (AvgIpc) is 2.16. The first-order chi connectivity index (χ1) is 4.27. The summed E-state index contributed by atoms with van der Waals surface area (Å²) < 4.78 is 0. The van der Waals surface area contributed by atoms with Gasteiger partial charge in [0.05, 0.1) is 6.07 Å². The second kappa shape index (κ2) is 2.39. The fourth-order valence-electron chi connectivity index (χ4n) is 1.60. The molecule has 9 heavy (non-hydrogen) atoms. The highest BCUT2D eigenvalue weighted by Gasteiger charge is 2.27. The Morgan fingerprint density at radius 2 is 2.11 bits per heavy atom. The van der Waals surface area contributed by atoms with Crippen LogP contribution < -0.4 is 0 Å². The Morgan fingerprint density at radius 3 is 2.56 bits per heavy atom. The molecule has 0 N–H and O–H groups in total. The second-order valence-electron chi connectivity index (χ2n) is 3.35. The van der Waals surface area contributed by atoms with E-state index in [0.29, 0.717) is 5.41 Å². The summed E-state index contributed by atoms with van der Waals surface area (Å²) in [4.78, 5) is 0. The van der Waals surface area contributed by atoms with E-state index in [0.717, 1.165) is 6.42 Å². The maximum atomic E-state index is 8.44. The van der Waals surface area contributed by atoms with E-state index in [1.54, 1.807) is 0 Å². The number of nitriles is 1. The number of hydrogen-bond donors (Lipinski definition) is 0. The van der Waals surface area contributed by atoms with Crippen LogP contribution in [-0.4, -0.2) is 0 Å². The first kappa shape index (κ1) is 6.61. The maximum Gasteiger partial charge on any atom is 0.0627 e. The summed E-state index contributed by atoms with van der Waals surface area (Å²) in [7, 11) is 0. The van der Waals surface area contributed by atoms with Gasteiger partial charge >= 0.3 is 0 Å². The van der Waals surface area contributed by atoms with Gasteiger partial charge in [-0.3, -0.25) is 0 Å². The van der Waals surface area contributed by atoms with E-state index in [2.05, 4.69) is 13.0 Å². The highest BCUT2D eigenvalue weighted by Crippen LogP contribution is 2.39. The molecule has 1 nitrogen and oxygen atoms in total. The van der Waals surface area contributed by atoms with Gasteiger partial charge in [0.1, 0.15) is 0 Å². The van der Waals surface area contributed by atoms with Gasteiger partial charge < -0.3 is 0 Å². The van der Waals surface area contributed by atoms with Crippen molar-refractivity contribution in [3.8, 4) is 6.07 Å². The molecule has 0 aromatic carbocycles. The van der Waals surface area contributed by atoms with Crippen LogP contribution in [0, 0.1) is 16.7 Å². The van der Waals surface area contributed by atoms with E-state index in [1.165, 1.54) is 25.7 Å². The van der Waals surface area contributed by atoms with E-state index in [1.807, 2.05) is 0 Å². The summed E-state index contributed by atoms with van der Waals surface area (Å²) in [5, 5.41) is 8.44. The zero-order chi connectivity index (χ0) is 6.74. The Morgan fingerprint density at radius 1 is 1.56 bits per heavy atom. The Labute approximate surface area is 65.6 Å². The Kier molecular flexibility index (Phi) is 1.75. The highest BCUT2D eigenvalue weighted by molar-refractivity contribution is 4.88. The van der Waals surface area contributed by atoms with Gasteiger partial charge in [-0.05, 0) is 18.3 Å². The van der Waals surface area contributed by atoms with Gasteiger partial charge in [0, 0.05) is 15.0 Å². The SMILES string of the molecule is CC1(CC#N)CCCC1.[HH].[HH].[HH].[HH].[HH].[HH]. The molecule has 0 saturated heterocycles. The van der Waals surface area contributed by atoms with Crippen molar-refractivity contribution < 1.29 is 8.56 Å². The quantitative estimate of drug-likeness (QED) is 0.534. The summed E-state index contributed by atoms with van der Waals surface area (Å²) in [5.41, 5.74) is 0.384. The van der Waals surface area contributed by atoms with Crippen LogP contribution in [0.5, 0.6) is 0 Å². The van der Waals surface area contributed by atoms with E-state index in [-0.39, 0.29) is 8.56 Å². The summed E-state index contributed by atoms with van der Waals surface area (Å²) in [5.74, 6) is 0. The molecule has 1 heteroatoms. The first-order valence-electron chi connectivity index (χ1n) is 3.64. The maximum absolute atomic E-state index is 8.44. The topological polar surface area (TPSA) is 23.8 Å². The van der Waals surface area contributed by atoms with Crippen molar-refractivity contribution in [3.63, 3.8) is 0 Å². The molecule has 1 rings (SSSR count). The molecule has 1 aliphatic rings. The van der Waals surface area contributed by atoms with Crippen LogP contribution in [0.4, 0.5) is 0 Å². The number of hydrogen-bond acceptors (Lipinski definition) is 1. The monoisotopic (exact) mass is 135 g/mol. The van der Waals surface area contributed by atoms with Crippen LogP contribution >= 0.6 is 0 Å². The molecule has 0 radical (unpaired) electrons. The fraction of sp³-hybridized carbons (Fsp3) is 0.875. The minimum atomic E-state index is 0. The van der Waals surface area contributed by atoms with Gasteiger partial charge in [0.2, 0.25) is 0 Å². The predicted octanol–water partition coefficient (Wildman–Crippen LogP) is 3.96. The molecule has 0 aromatic heterocycles. The van der Waals surface area contributed by atoms with E-state index < -0.39 is 0 Å². The molecule has 0 heterocycles. The van der Waals surface area contributed by atoms with Crippen molar-refractivity contribution in [2.75, 3.05) is 0 Å². The van der Waals surface area contributed by atoms with Crippen molar-refractivity contribution in [2.45, 2.75) is 39.0 Å². The zero-order valence-electron chi connectivity index (χ0n) is 5.98. The van der Waals surface area contributed by atoms with Gasteiger partial charge in [-0.15, -0.1) is 0 Å². The van der Waals surface area contributed by atoms with Crippen LogP contribution in [0.3, 0.4) is 0 Å². The van der Waals surface area contributed by atoms with Crippen LogP contribution in [0.1, 0.15) is 47.6 Å². The summed E-state index contributed by atoms with van der Waals surface area (Å²) >= 11 is 0. The standard InChI is InChI=1S/C8H13N.6H2/c1-8(6-7-9)4-2-3-5-8;;;;;;/h2-6H2,1H3;6*1H.